The van der Waals surface area contributed by atoms with Crippen LogP contribution in [0.2, 0.25) is 0 Å². The van der Waals surface area contributed by atoms with Crippen molar-refractivity contribution in [2.75, 3.05) is 17.7 Å². The third-order valence-electron chi connectivity index (χ3n) is 4.18. The maximum absolute atomic E-state index is 12.2. The molecule has 0 spiro atoms. The molecule has 0 amide bonds. The quantitative estimate of drug-likeness (QED) is 0.626. The number of rotatable bonds is 3. The zero-order valence-corrected chi connectivity index (χ0v) is 15.6. The molecule has 4 nitrogen and oxygen atoms in total. The number of anilines is 2. The van der Waals surface area contributed by atoms with Crippen LogP contribution in [-0.4, -0.2) is 18.2 Å². The number of aryl methyl sites for hydroxylation is 3. The van der Waals surface area contributed by atoms with Gasteiger partial charge >= 0.3 is 5.97 Å². The minimum absolute atomic E-state index is 0.300. The Kier molecular flexibility index (Phi) is 4.87. The molecule has 1 aromatic carbocycles. The van der Waals surface area contributed by atoms with Crippen LogP contribution in [0.5, 0.6) is 0 Å². The predicted molar refractivity (Wildman–Crippen MR) is 103 cm³/mol. The van der Waals surface area contributed by atoms with Crippen molar-refractivity contribution in [1.82, 2.24) is 0 Å². The number of thiocarbonyl (C=S) groups is 1. The van der Waals surface area contributed by atoms with Gasteiger partial charge in [0.2, 0.25) is 0 Å². The topological polar surface area (TPSA) is 50.4 Å². The van der Waals surface area contributed by atoms with E-state index in [0.29, 0.717) is 10.7 Å². The number of benzene rings is 1. The lowest BCUT2D eigenvalue weighted by Crippen LogP contribution is -2.20. The zero-order chi connectivity index (χ0) is 17.3. The van der Waals surface area contributed by atoms with E-state index in [1.165, 1.54) is 12.0 Å². The molecular formula is C18H20N2O2S2. The van der Waals surface area contributed by atoms with Gasteiger partial charge in [0.05, 0.1) is 12.7 Å². The van der Waals surface area contributed by atoms with E-state index in [1.807, 2.05) is 13.8 Å². The molecule has 1 heterocycles. The lowest BCUT2D eigenvalue weighted by atomic mass is 10.1. The van der Waals surface area contributed by atoms with E-state index in [1.54, 1.807) is 11.3 Å². The molecule has 1 aliphatic rings. The Morgan fingerprint density at radius 3 is 2.79 bits per heavy atom. The van der Waals surface area contributed by atoms with Gasteiger partial charge in [-0.3, -0.25) is 0 Å². The first-order valence-corrected chi connectivity index (χ1v) is 9.10. The molecule has 0 aliphatic heterocycles. The minimum Gasteiger partial charge on any atom is -0.465 e. The second kappa shape index (κ2) is 6.91. The van der Waals surface area contributed by atoms with Gasteiger partial charge < -0.3 is 15.4 Å². The molecule has 24 heavy (non-hydrogen) atoms. The van der Waals surface area contributed by atoms with Crippen molar-refractivity contribution in [2.45, 2.75) is 33.1 Å². The van der Waals surface area contributed by atoms with Gasteiger partial charge in [-0.2, -0.15) is 0 Å². The molecule has 0 radical (unpaired) electrons. The summed E-state index contributed by atoms with van der Waals surface area (Å²) in [6.07, 6.45) is 3.04. The number of fused-ring (bicyclic) bond motifs is 1. The largest absolute Gasteiger partial charge is 0.465 e. The average Bonchev–Trinajstić information content (AvgIpc) is 3.10. The van der Waals surface area contributed by atoms with Gasteiger partial charge in [-0.25, -0.2) is 4.79 Å². The van der Waals surface area contributed by atoms with Crippen molar-refractivity contribution in [3.63, 3.8) is 0 Å². The summed E-state index contributed by atoms with van der Waals surface area (Å²) < 4.78 is 4.96. The number of hydrogen-bond donors (Lipinski definition) is 2. The third-order valence-corrected chi connectivity index (χ3v) is 5.59. The predicted octanol–water partition coefficient (Wildman–Crippen LogP) is 4.45. The molecule has 0 fully saturated rings. The van der Waals surface area contributed by atoms with Gasteiger partial charge in [-0.05, 0) is 68.1 Å². The summed E-state index contributed by atoms with van der Waals surface area (Å²) in [4.78, 5) is 13.4. The van der Waals surface area contributed by atoms with Crippen LogP contribution in [0.4, 0.5) is 10.7 Å². The maximum atomic E-state index is 12.2. The molecule has 1 aliphatic carbocycles. The van der Waals surface area contributed by atoms with Crippen molar-refractivity contribution < 1.29 is 9.53 Å². The normalized spacial score (nSPS) is 12.6. The SMILES string of the molecule is COC(=O)c1c(NC(=S)Nc2cc(C)ccc2C)sc2c1CCC2. The molecule has 2 N–H and O–H groups in total. The van der Waals surface area contributed by atoms with Gasteiger partial charge in [-0.15, -0.1) is 11.3 Å². The first-order valence-electron chi connectivity index (χ1n) is 7.87. The monoisotopic (exact) mass is 360 g/mol. The molecule has 0 saturated heterocycles. The van der Waals surface area contributed by atoms with E-state index >= 15 is 0 Å². The summed E-state index contributed by atoms with van der Waals surface area (Å²) in [5.41, 5.74) is 5.00. The number of ether oxygens (including phenoxy) is 1. The fraction of sp³-hybridized carbons (Fsp3) is 0.333. The van der Waals surface area contributed by atoms with Crippen molar-refractivity contribution in [3.05, 3.63) is 45.3 Å². The van der Waals surface area contributed by atoms with Crippen LogP contribution in [0.15, 0.2) is 18.2 Å². The van der Waals surface area contributed by atoms with Crippen molar-refractivity contribution >= 4 is 45.3 Å². The molecule has 0 unspecified atom stereocenters. The van der Waals surface area contributed by atoms with Crippen LogP contribution in [0.1, 0.15) is 38.3 Å². The number of hydrogen-bond acceptors (Lipinski definition) is 4. The highest BCUT2D eigenvalue weighted by Gasteiger charge is 2.27. The molecule has 6 heteroatoms. The lowest BCUT2D eigenvalue weighted by Gasteiger charge is -2.13. The zero-order valence-electron chi connectivity index (χ0n) is 14.0. The second-order valence-electron chi connectivity index (χ2n) is 5.95. The molecule has 126 valence electrons. The Morgan fingerprint density at radius 2 is 2.04 bits per heavy atom. The molecule has 3 rings (SSSR count). The number of methoxy groups -OCH3 is 1. The van der Waals surface area contributed by atoms with E-state index in [-0.39, 0.29) is 5.97 Å². The second-order valence-corrected chi connectivity index (χ2v) is 7.46. The summed E-state index contributed by atoms with van der Waals surface area (Å²) in [5, 5.41) is 7.66. The Balaban J connectivity index is 1.82. The number of nitrogens with one attached hydrogen (secondary N) is 2. The Morgan fingerprint density at radius 1 is 1.25 bits per heavy atom. The summed E-state index contributed by atoms with van der Waals surface area (Å²) in [6.45, 7) is 4.07. The lowest BCUT2D eigenvalue weighted by molar-refractivity contribution is 0.0601. The van der Waals surface area contributed by atoms with Crippen LogP contribution in [-0.2, 0) is 17.6 Å². The number of esters is 1. The molecule has 2 aromatic rings. The summed E-state index contributed by atoms with van der Waals surface area (Å²) in [7, 11) is 1.41. The average molecular weight is 361 g/mol. The summed E-state index contributed by atoms with van der Waals surface area (Å²) >= 11 is 7.04. The highest BCUT2D eigenvalue weighted by molar-refractivity contribution is 7.80. The van der Waals surface area contributed by atoms with Gasteiger partial charge in [0.15, 0.2) is 5.11 Å². The van der Waals surface area contributed by atoms with E-state index in [2.05, 4.69) is 28.8 Å². The van der Waals surface area contributed by atoms with Crippen LogP contribution < -0.4 is 10.6 Å². The van der Waals surface area contributed by atoms with E-state index in [4.69, 9.17) is 17.0 Å². The van der Waals surface area contributed by atoms with Crippen molar-refractivity contribution in [1.29, 1.82) is 0 Å². The molecular weight excluding hydrogens is 340 g/mol. The highest BCUT2D eigenvalue weighted by atomic mass is 32.1. The van der Waals surface area contributed by atoms with Gasteiger partial charge in [0.25, 0.3) is 0 Å². The maximum Gasteiger partial charge on any atom is 0.341 e. The Labute approximate surface area is 151 Å². The van der Waals surface area contributed by atoms with Crippen LogP contribution >= 0.6 is 23.6 Å². The van der Waals surface area contributed by atoms with Gasteiger partial charge in [-0.1, -0.05) is 12.1 Å². The number of carbonyl (C=O) groups is 1. The highest BCUT2D eigenvalue weighted by Crippen LogP contribution is 2.39. The smallest absolute Gasteiger partial charge is 0.341 e. The van der Waals surface area contributed by atoms with E-state index in [9.17, 15) is 4.79 Å². The molecule has 1 aromatic heterocycles. The number of carbonyl (C=O) groups excluding carboxylic acids is 1. The fourth-order valence-corrected chi connectivity index (χ4v) is 4.50. The molecule has 0 bridgehead atoms. The third kappa shape index (κ3) is 3.30. The first-order chi connectivity index (χ1) is 11.5. The molecule has 0 atom stereocenters. The van der Waals surface area contributed by atoms with Crippen molar-refractivity contribution in [3.8, 4) is 0 Å². The van der Waals surface area contributed by atoms with Crippen LogP contribution in [0.3, 0.4) is 0 Å². The first kappa shape index (κ1) is 16.9. The Bertz CT molecular complexity index is 812. The van der Waals surface area contributed by atoms with Crippen molar-refractivity contribution in [2.24, 2.45) is 0 Å². The standard InChI is InChI=1S/C18H20N2O2S2/c1-10-7-8-11(2)13(9-10)19-18(23)20-16-15(17(21)22-3)12-5-4-6-14(12)24-16/h7-9H,4-6H2,1-3H3,(H2,19,20,23). The molecule has 0 saturated carbocycles. The number of thiophene rings is 1. The van der Waals surface area contributed by atoms with E-state index < -0.39 is 0 Å². The van der Waals surface area contributed by atoms with Gasteiger partial charge in [0, 0.05) is 10.6 Å². The van der Waals surface area contributed by atoms with Crippen LogP contribution in [0, 0.1) is 13.8 Å². The fourth-order valence-electron chi connectivity index (χ4n) is 2.94. The summed E-state index contributed by atoms with van der Waals surface area (Å²) in [5.74, 6) is -0.300. The summed E-state index contributed by atoms with van der Waals surface area (Å²) in [6, 6.07) is 6.18. The van der Waals surface area contributed by atoms with E-state index in [0.717, 1.165) is 46.6 Å². The van der Waals surface area contributed by atoms with Crippen LogP contribution in [0.25, 0.3) is 0 Å². The van der Waals surface area contributed by atoms with Gasteiger partial charge in [0.1, 0.15) is 5.00 Å². The Hall–Kier alpha value is -1.92. The minimum atomic E-state index is -0.300.